The van der Waals surface area contributed by atoms with Crippen molar-refractivity contribution in [3.8, 4) is 0 Å². The summed E-state index contributed by atoms with van der Waals surface area (Å²) in [6, 6.07) is 0. The highest BCUT2D eigenvalue weighted by Gasteiger charge is 1.50. The van der Waals surface area contributed by atoms with Gasteiger partial charge >= 0.3 is 0 Å². The highest BCUT2D eigenvalue weighted by atomic mass is 79.9. The van der Waals surface area contributed by atoms with Crippen molar-refractivity contribution in [2.75, 3.05) is 0 Å². The van der Waals surface area contributed by atoms with E-state index in [4.69, 9.17) is 5.53 Å². The van der Waals surface area contributed by atoms with E-state index in [1.807, 2.05) is 0 Å². The summed E-state index contributed by atoms with van der Waals surface area (Å²) in [6.07, 6.45) is 0. The van der Waals surface area contributed by atoms with Crippen molar-refractivity contribution in [2.45, 2.75) is 0 Å². The molecule has 0 rings (SSSR count). The maximum absolute atomic E-state index is 7.37. The molecule has 0 aliphatic carbocycles. The molecule has 0 radical (unpaired) electrons. The Morgan fingerprint density at radius 3 is 2.60 bits per heavy atom. The number of azide groups is 1. The van der Waals surface area contributed by atoms with E-state index >= 15 is 0 Å². The fourth-order valence-corrected chi connectivity index (χ4v) is 0.0717. The Hall–Kier alpha value is -0.410. The third-order valence-corrected chi connectivity index (χ3v) is 0.197. The van der Waals surface area contributed by atoms with Gasteiger partial charge in [-0.1, -0.05) is 0 Å². The number of hydrogen-bond acceptors (Lipinski definition) is 2. The molecule has 0 spiro atoms. The van der Waals surface area contributed by atoms with Crippen LogP contribution in [0.3, 0.4) is 0 Å². The summed E-state index contributed by atoms with van der Waals surface area (Å²) in [6.45, 7) is 0. The Bertz CT molecular complexity index is 53.9. The molecule has 0 heterocycles. The predicted molar refractivity (Wildman–Crippen MR) is 19.2 cm³/mol. The molecule has 0 aromatic rings. The monoisotopic (exact) mass is 137 g/mol. The number of hydrogen-bond donors (Lipinski definition) is 0. The van der Waals surface area contributed by atoms with Gasteiger partial charge in [0.2, 0.25) is 0 Å². The van der Waals surface area contributed by atoms with Gasteiger partial charge in [0.15, 0.2) is 16.3 Å². The lowest BCUT2D eigenvalue weighted by molar-refractivity contribution is 0.420. The van der Waals surface area contributed by atoms with Gasteiger partial charge in [0.05, 0.1) is 0 Å². The molecule has 0 saturated carbocycles. The summed E-state index contributed by atoms with van der Waals surface area (Å²) in [5.74, 6) is 0. The zero-order valence-electron chi connectivity index (χ0n) is 2.13. The van der Waals surface area contributed by atoms with Crippen LogP contribution in [0.15, 0.2) is 5.28 Å². The summed E-state index contributed by atoms with van der Waals surface area (Å²) in [5.41, 5.74) is 7.37. The largest absolute Gasteiger partial charge is 0.351 e. The van der Waals surface area contributed by atoms with Gasteiger partial charge in [-0.05, 0) is 5.53 Å². The summed E-state index contributed by atoms with van der Waals surface area (Å²) in [5, 5.41) is 2.57. The first-order chi connectivity index (χ1) is 2.41. The first kappa shape index (κ1) is 4.59. The fraction of sp³-hybridized carbons (Fsp3) is 0. The number of halogens is 1. The molecule has 0 N–H and O–H groups in total. The average Bonchev–Trinajstić information content (AvgIpc) is 1.41. The van der Waals surface area contributed by atoms with E-state index in [1.54, 1.807) is 0 Å². The summed E-state index contributed by atoms with van der Waals surface area (Å²) in [4.78, 5) is 2.21. The first-order valence-electron chi connectivity index (χ1n) is 0.737. The van der Waals surface area contributed by atoms with Crippen LogP contribution in [0.1, 0.15) is 0 Å². The van der Waals surface area contributed by atoms with Crippen LogP contribution in [-0.4, -0.2) is 0 Å². The molecule has 0 bridgehead atoms. The maximum Gasteiger partial charge on any atom is 0.189 e. The molecule has 0 unspecified atom stereocenters. The van der Waals surface area contributed by atoms with Crippen molar-refractivity contribution in [3.05, 3.63) is 10.4 Å². The molecule has 0 atom stereocenters. The lowest BCUT2D eigenvalue weighted by Crippen LogP contribution is -1.37. The molecule has 0 aliphatic heterocycles. The van der Waals surface area contributed by atoms with Gasteiger partial charge < -0.3 is 3.93 Å². The van der Waals surface area contributed by atoms with Gasteiger partial charge in [-0.15, -0.1) is 0 Å². The topological polar surface area (TPSA) is 58.0 Å². The van der Waals surface area contributed by atoms with Crippen LogP contribution >= 0.6 is 16.3 Å². The molecular formula is BrN3O. The second-order valence-corrected chi connectivity index (χ2v) is 0.530. The Labute approximate surface area is 36.8 Å². The quantitative estimate of drug-likeness (QED) is 0.234. The highest BCUT2D eigenvalue weighted by Crippen LogP contribution is 1.81. The maximum atomic E-state index is 7.37. The summed E-state index contributed by atoms with van der Waals surface area (Å²) < 4.78 is 3.71. The van der Waals surface area contributed by atoms with E-state index in [9.17, 15) is 0 Å². The van der Waals surface area contributed by atoms with Crippen molar-refractivity contribution < 1.29 is 3.93 Å². The minimum absolute atomic E-state index is 2.21. The van der Waals surface area contributed by atoms with Gasteiger partial charge in [-0.3, -0.25) is 0 Å². The lowest BCUT2D eigenvalue weighted by Gasteiger charge is -1.63. The van der Waals surface area contributed by atoms with Crippen LogP contribution in [0.4, 0.5) is 0 Å². The molecule has 28 valence electrons. The summed E-state index contributed by atoms with van der Waals surface area (Å²) >= 11 is 2.39. The molecule has 0 fully saturated rings. The van der Waals surface area contributed by atoms with E-state index in [-0.39, 0.29) is 0 Å². The van der Waals surface area contributed by atoms with Crippen molar-refractivity contribution >= 4 is 16.3 Å². The van der Waals surface area contributed by atoms with E-state index in [2.05, 4.69) is 30.4 Å². The number of rotatable bonds is 1. The molecular weight excluding hydrogens is 138 g/mol. The Balaban J connectivity index is 2.93. The molecule has 5 heavy (non-hydrogen) atoms. The van der Waals surface area contributed by atoms with Gasteiger partial charge in [0.1, 0.15) is 5.28 Å². The smallest absolute Gasteiger partial charge is 0.189 e. The fourth-order valence-electron chi connectivity index (χ4n) is 0.0138. The van der Waals surface area contributed by atoms with Crippen molar-refractivity contribution in [1.29, 1.82) is 0 Å². The van der Waals surface area contributed by atoms with E-state index in [0.717, 1.165) is 0 Å². The highest BCUT2D eigenvalue weighted by molar-refractivity contribution is 9.05. The van der Waals surface area contributed by atoms with Crippen LogP contribution in [0.2, 0.25) is 0 Å². The molecule has 0 aromatic heterocycles. The molecule has 0 aromatic carbocycles. The summed E-state index contributed by atoms with van der Waals surface area (Å²) in [7, 11) is 0. The Morgan fingerprint density at radius 1 is 2.00 bits per heavy atom. The molecule has 0 saturated heterocycles. The second-order valence-electron chi connectivity index (χ2n) is 0.240. The van der Waals surface area contributed by atoms with Crippen LogP contribution in [-0.2, 0) is 3.93 Å². The number of nitrogens with zero attached hydrogens (tertiary/aromatic N) is 3. The van der Waals surface area contributed by atoms with Crippen LogP contribution in [0.5, 0.6) is 0 Å². The van der Waals surface area contributed by atoms with E-state index in [0.29, 0.717) is 0 Å². The van der Waals surface area contributed by atoms with Gasteiger partial charge in [-0.2, -0.15) is 0 Å². The lowest BCUT2D eigenvalue weighted by atomic mass is 12.9. The average molecular weight is 138 g/mol. The molecule has 5 heteroatoms. The SMILES string of the molecule is [N-]=[N+]=NOBr. The normalized spacial score (nSPS) is 5.00. The van der Waals surface area contributed by atoms with Gasteiger partial charge in [0, 0.05) is 4.91 Å². The van der Waals surface area contributed by atoms with Crippen LogP contribution in [0.25, 0.3) is 10.4 Å². The standard InChI is InChI=1S/BrN3O/c1-5-4-3-2. The zero-order chi connectivity index (χ0) is 4.12. The van der Waals surface area contributed by atoms with Gasteiger partial charge in [-0.25, -0.2) is 0 Å². The van der Waals surface area contributed by atoms with Gasteiger partial charge in [0.25, 0.3) is 0 Å². The Morgan fingerprint density at radius 2 is 2.60 bits per heavy atom. The molecule has 4 nitrogen and oxygen atoms in total. The predicted octanol–water partition coefficient (Wildman–Crippen LogP) is 1.54. The third kappa shape index (κ3) is 3.59. The van der Waals surface area contributed by atoms with E-state index in [1.165, 1.54) is 0 Å². The van der Waals surface area contributed by atoms with Crippen LogP contribution < -0.4 is 0 Å². The van der Waals surface area contributed by atoms with Crippen LogP contribution in [0, 0.1) is 0 Å². The van der Waals surface area contributed by atoms with Crippen molar-refractivity contribution in [1.82, 2.24) is 0 Å². The zero-order valence-corrected chi connectivity index (χ0v) is 3.71. The molecule has 0 aliphatic rings. The third-order valence-electron chi connectivity index (χ3n) is 0.0674. The minimum Gasteiger partial charge on any atom is -0.351 e. The molecule has 0 amide bonds. The minimum atomic E-state index is 2.21. The van der Waals surface area contributed by atoms with Crippen molar-refractivity contribution in [3.63, 3.8) is 0 Å². The van der Waals surface area contributed by atoms with E-state index < -0.39 is 0 Å². The Kier molecular flexibility index (Phi) is 3.30. The first-order valence-corrected chi connectivity index (χ1v) is 1.38. The second kappa shape index (κ2) is 3.59. The van der Waals surface area contributed by atoms with Crippen molar-refractivity contribution in [2.24, 2.45) is 5.28 Å².